The van der Waals surface area contributed by atoms with E-state index in [1.807, 2.05) is 0 Å². The number of halogens is 1. The maximum Gasteiger partial charge on any atom is 0.290 e. The van der Waals surface area contributed by atoms with Crippen LogP contribution in [0.4, 0.5) is 4.39 Å². The molecule has 0 unspecified atom stereocenters. The number of hydrogen-bond donors (Lipinski definition) is 1. The smallest absolute Gasteiger partial charge is 0.290 e. The number of Topliss-reactive ketones (excluding diaryl/α,β-unsaturated/α-hetero) is 1. The van der Waals surface area contributed by atoms with Crippen molar-refractivity contribution in [2.45, 2.75) is 13.0 Å². The fourth-order valence-corrected chi connectivity index (χ4v) is 2.34. The van der Waals surface area contributed by atoms with E-state index >= 15 is 0 Å². The molecule has 1 amide bonds. The molecule has 1 aliphatic rings. The molecule has 0 fully saturated rings. The lowest BCUT2D eigenvalue weighted by atomic mass is 9.96. The maximum absolute atomic E-state index is 13.9. The molecule has 2 rings (SSSR count). The van der Waals surface area contributed by atoms with Gasteiger partial charge in [0, 0.05) is 5.56 Å². The van der Waals surface area contributed by atoms with Gasteiger partial charge in [-0.1, -0.05) is 18.2 Å². The number of nitrogens with zero attached hydrogens (tertiary/aromatic N) is 1. The second-order valence-electron chi connectivity index (χ2n) is 4.55. The monoisotopic (exact) mass is 292 g/mol. The van der Waals surface area contributed by atoms with E-state index < -0.39 is 41.8 Å². The molecule has 1 atom stereocenters. The van der Waals surface area contributed by atoms with Crippen molar-refractivity contribution in [3.8, 4) is 0 Å². The van der Waals surface area contributed by atoms with Crippen molar-refractivity contribution in [1.29, 1.82) is 0 Å². The number of hydrogen-bond acceptors (Lipinski definition) is 5. The molecule has 1 N–H and O–H groups in total. The number of carbonyl (C=O) groups excluding carboxylic acids is 3. The molecule has 7 heteroatoms. The fourth-order valence-electron chi connectivity index (χ4n) is 2.34. The molecule has 1 aromatic carbocycles. The number of benzene rings is 1. The van der Waals surface area contributed by atoms with Crippen LogP contribution < -0.4 is 5.11 Å². The van der Waals surface area contributed by atoms with Crippen molar-refractivity contribution >= 4 is 17.7 Å². The van der Waals surface area contributed by atoms with Gasteiger partial charge < -0.3 is 19.9 Å². The summed E-state index contributed by atoms with van der Waals surface area (Å²) in [5.74, 6) is -4.85. The minimum Gasteiger partial charge on any atom is -0.548 e. The van der Waals surface area contributed by atoms with Crippen molar-refractivity contribution < 1.29 is 29.0 Å². The Morgan fingerprint density at radius 3 is 2.52 bits per heavy atom. The predicted octanol–water partition coefficient (Wildman–Crippen LogP) is -0.140. The lowest BCUT2D eigenvalue weighted by molar-refractivity contribution is -0.306. The zero-order chi connectivity index (χ0) is 15.7. The zero-order valence-electron chi connectivity index (χ0n) is 11.0. The minimum atomic E-state index is -1.58. The van der Waals surface area contributed by atoms with Crippen molar-refractivity contribution in [3.05, 3.63) is 47.0 Å². The molecule has 110 valence electrons. The van der Waals surface area contributed by atoms with Crippen molar-refractivity contribution in [2.75, 3.05) is 6.54 Å². The van der Waals surface area contributed by atoms with Gasteiger partial charge in [-0.05, 0) is 13.0 Å². The van der Waals surface area contributed by atoms with Gasteiger partial charge in [0.05, 0.1) is 24.1 Å². The molecule has 0 saturated carbocycles. The van der Waals surface area contributed by atoms with Gasteiger partial charge in [-0.25, -0.2) is 4.39 Å². The van der Waals surface area contributed by atoms with Crippen LogP contribution in [0.25, 0.3) is 0 Å². The number of rotatable bonds is 4. The summed E-state index contributed by atoms with van der Waals surface area (Å²) in [6, 6.07) is 4.04. The summed E-state index contributed by atoms with van der Waals surface area (Å²) < 4.78 is 13.9. The first-order chi connectivity index (χ1) is 9.84. The first kappa shape index (κ1) is 14.7. The van der Waals surface area contributed by atoms with Crippen LogP contribution in [-0.4, -0.2) is 34.2 Å². The standard InChI is InChI=1S/C14H12FNO5/c1-7(17)11-12(8-4-2-3-5-9(8)15)16(6-10(18)19)14(21)13(11)20/h2-5,12,20H,6H2,1H3,(H,18,19)/p-1/t12-/m0/s1. The average molecular weight is 292 g/mol. The van der Waals surface area contributed by atoms with Gasteiger partial charge in [0.25, 0.3) is 5.91 Å². The summed E-state index contributed by atoms with van der Waals surface area (Å²) in [5, 5.41) is 20.5. The first-order valence-electron chi connectivity index (χ1n) is 6.04. The van der Waals surface area contributed by atoms with Crippen LogP contribution in [0, 0.1) is 5.82 Å². The second kappa shape index (κ2) is 5.35. The number of aliphatic hydroxyl groups is 1. The quantitative estimate of drug-likeness (QED) is 0.833. The number of carboxylic acid groups (broad SMARTS) is 1. The van der Waals surface area contributed by atoms with E-state index in [-0.39, 0.29) is 11.1 Å². The van der Waals surface area contributed by atoms with Crippen LogP contribution >= 0.6 is 0 Å². The Kier molecular flexibility index (Phi) is 3.75. The van der Waals surface area contributed by atoms with E-state index in [1.54, 1.807) is 0 Å². The van der Waals surface area contributed by atoms with E-state index in [1.165, 1.54) is 18.2 Å². The maximum atomic E-state index is 13.9. The Balaban J connectivity index is 2.60. The van der Waals surface area contributed by atoms with Gasteiger partial charge in [0.2, 0.25) is 0 Å². The highest BCUT2D eigenvalue weighted by Gasteiger charge is 2.43. The number of aliphatic carboxylic acids is 1. The number of ketones is 1. The second-order valence-corrected chi connectivity index (χ2v) is 4.55. The highest BCUT2D eigenvalue weighted by atomic mass is 19.1. The van der Waals surface area contributed by atoms with Crippen LogP contribution in [0.15, 0.2) is 35.6 Å². The summed E-state index contributed by atoms with van der Waals surface area (Å²) in [6.07, 6.45) is 0. The van der Waals surface area contributed by atoms with Gasteiger partial charge in [-0.3, -0.25) is 9.59 Å². The molecule has 0 aliphatic carbocycles. The molecule has 0 spiro atoms. The number of carboxylic acids is 1. The SMILES string of the molecule is CC(=O)C1=C(O)C(=O)N(CC(=O)[O-])[C@H]1c1ccccc1F. The summed E-state index contributed by atoms with van der Waals surface area (Å²) in [7, 11) is 0. The van der Waals surface area contributed by atoms with Gasteiger partial charge in [0.15, 0.2) is 11.5 Å². The normalized spacial score (nSPS) is 18.3. The third kappa shape index (κ3) is 2.49. The minimum absolute atomic E-state index is 0.0682. The van der Waals surface area contributed by atoms with Crippen molar-refractivity contribution in [2.24, 2.45) is 0 Å². The third-order valence-corrected chi connectivity index (χ3v) is 3.18. The topological polar surface area (TPSA) is 97.7 Å². The lowest BCUT2D eigenvalue weighted by Gasteiger charge is -2.27. The molecule has 1 aromatic rings. The molecule has 21 heavy (non-hydrogen) atoms. The van der Waals surface area contributed by atoms with Crippen LogP contribution in [0.2, 0.25) is 0 Å². The number of amides is 1. The van der Waals surface area contributed by atoms with E-state index in [4.69, 9.17) is 0 Å². The van der Waals surface area contributed by atoms with Gasteiger partial charge in [0.1, 0.15) is 5.82 Å². The fraction of sp³-hybridized carbons (Fsp3) is 0.214. The molecule has 1 heterocycles. The van der Waals surface area contributed by atoms with Gasteiger partial charge in [-0.2, -0.15) is 0 Å². The van der Waals surface area contributed by atoms with Crippen molar-refractivity contribution in [3.63, 3.8) is 0 Å². The molecule has 6 nitrogen and oxygen atoms in total. The van der Waals surface area contributed by atoms with E-state index in [0.717, 1.165) is 13.0 Å². The summed E-state index contributed by atoms with van der Waals surface area (Å²) >= 11 is 0. The number of carbonyl (C=O) groups is 3. The molecular weight excluding hydrogens is 281 g/mol. The molecular formula is C14H11FNO5-. The van der Waals surface area contributed by atoms with Crippen LogP contribution in [-0.2, 0) is 14.4 Å². The molecule has 0 aromatic heterocycles. The average Bonchev–Trinajstić information content (AvgIpc) is 2.63. The van der Waals surface area contributed by atoms with Crippen LogP contribution in [0.1, 0.15) is 18.5 Å². The Bertz CT molecular complexity index is 667. The van der Waals surface area contributed by atoms with E-state index in [2.05, 4.69) is 0 Å². The molecule has 1 aliphatic heterocycles. The van der Waals surface area contributed by atoms with Crippen LogP contribution in [0.3, 0.4) is 0 Å². The van der Waals surface area contributed by atoms with E-state index in [0.29, 0.717) is 4.90 Å². The Hall–Kier alpha value is -2.70. The summed E-state index contributed by atoms with van der Waals surface area (Å²) in [5.41, 5.74) is -0.396. The molecule has 0 bridgehead atoms. The first-order valence-corrected chi connectivity index (χ1v) is 6.04. The zero-order valence-corrected chi connectivity index (χ0v) is 11.0. The third-order valence-electron chi connectivity index (χ3n) is 3.18. The highest BCUT2D eigenvalue weighted by Crippen LogP contribution is 2.38. The lowest BCUT2D eigenvalue weighted by Crippen LogP contribution is -2.41. The Morgan fingerprint density at radius 2 is 2.00 bits per heavy atom. The number of aliphatic hydroxyl groups excluding tert-OH is 1. The predicted molar refractivity (Wildman–Crippen MR) is 66.2 cm³/mol. The van der Waals surface area contributed by atoms with Crippen molar-refractivity contribution in [1.82, 2.24) is 4.90 Å². The van der Waals surface area contributed by atoms with Gasteiger partial charge >= 0.3 is 0 Å². The van der Waals surface area contributed by atoms with Crippen LogP contribution in [0.5, 0.6) is 0 Å². The largest absolute Gasteiger partial charge is 0.548 e. The molecule has 0 saturated heterocycles. The molecule has 0 radical (unpaired) electrons. The van der Waals surface area contributed by atoms with Gasteiger partial charge in [-0.15, -0.1) is 0 Å². The Morgan fingerprint density at radius 1 is 1.38 bits per heavy atom. The highest BCUT2D eigenvalue weighted by molar-refractivity contribution is 6.08. The summed E-state index contributed by atoms with van der Waals surface area (Å²) in [4.78, 5) is 35.0. The summed E-state index contributed by atoms with van der Waals surface area (Å²) in [6.45, 7) is 0.244. The van der Waals surface area contributed by atoms with E-state index in [9.17, 15) is 29.0 Å². The Labute approximate surface area is 119 Å².